The predicted molar refractivity (Wildman–Crippen MR) is 162 cm³/mol. The number of ketones is 1. The number of carbonyl (C=O) groups excluding carboxylic acids is 1. The van der Waals surface area contributed by atoms with Gasteiger partial charge in [0.25, 0.3) is 0 Å². The molecule has 0 bridgehead atoms. The highest BCUT2D eigenvalue weighted by molar-refractivity contribution is 5.95. The summed E-state index contributed by atoms with van der Waals surface area (Å²) in [6.07, 6.45) is 7.46. The molecular weight excluding hydrogens is 547 g/mol. The molecule has 5 aromatic rings. The van der Waals surface area contributed by atoms with Crippen molar-refractivity contribution in [3.63, 3.8) is 0 Å². The number of rotatable bonds is 9. The second-order valence-electron chi connectivity index (χ2n) is 11.0. The van der Waals surface area contributed by atoms with Gasteiger partial charge in [-0.05, 0) is 59.7 Å². The summed E-state index contributed by atoms with van der Waals surface area (Å²) in [5.41, 5.74) is 4.32. The Morgan fingerprint density at radius 1 is 1.00 bits per heavy atom. The number of nitrogens with one attached hydrogen (secondary N) is 1. The maximum Gasteiger partial charge on any atom is 0.159 e. The molecule has 0 amide bonds. The van der Waals surface area contributed by atoms with Crippen LogP contribution in [-0.4, -0.2) is 75.5 Å². The van der Waals surface area contributed by atoms with Crippen LogP contribution in [0.2, 0.25) is 0 Å². The Morgan fingerprint density at radius 2 is 1.86 bits per heavy atom. The number of benzene rings is 3. The summed E-state index contributed by atoms with van der Waals surface area (Å²) < 4.78 is 27.0. The van der Waals surface area contributed by atoms with Gasteiger partial charge in [0.15, 0.2) is 5.78 Å². The van der Waals surface area contributed by atoms with Crippen LogP contribution in [0.3, 0.4) is 0 Å². The topological polar surface area (TPSA) is 94.4 Å². The van der Waals surface area contributed by atoms with Crippen molar-refractivity contribution in [2.24, 2.45) is 0 Å². The molecular formula is C33H31FN6O3. The van der Waals surface area contributed by atoms with Crippen LogP contribution in [-0.2, 0) is 27.2 Å². The molecule has 43 heavy (non-hydrogen) atoms. The SMILES string of the molecule is O=C(/C=C/CN1CC2OCCOC2C1)Cc1ccc2ncnc(Nc3ccc4c(cnn4Cc4cccc(F)c4)c3)c2c1. The van der Waals surface area contributed by atoms with Crippen LogP contribution in [0, 0.1) is 5.82 Å². The summed E-state index contributed by atoms with van der Waals surface area (Å²) in [7, 11) is 0. The molecule has 2 unspecified atom stereocenters. The molecule has 4 heterocycles. The zero-order valence-electron chi connectivity index (χ0n) is 23.5. The molecule has 2 saturated heterocycles. The smallest absolute Gasteiger partial charge is 0.159 e. The highest BCUT2D eigenvalue weighted by atomic mass is 19.1. The summed E-state index contributed by atoms with van der Waals surface area (Å²) in [6.45, 7) is 4.13. The van der Waals surface area contributed by atoms with Crippen molar-refractivity contribution >= 4 is 39.1 Å². The van der Waals surface area contributed by atoms with Gasteiger partial charge in [-0.3, -0.25) is 14.4 Å². The minimum Gasteiger partial charge on any atom is -0.372 e. The van der Waals surface area contributed by atoms with E-state index in [0.717, 1.165) is 51.7 Å². The summed E-state index contributed by atoms with van der Waals surface area (Å²) in [5, 5.41) is 9.70. The molecule has 0 aliphatic carbocycles. The lowest BCUT2D eigenvalue weighted by molar-refractivity contribution is -0.116. The van der Waals surface area contributed by atoms with E-state index in [4.69, 9.17) is 9.47 Å². The van der Waals surface area contributed by atoms with Gasteiger partial charge in [0.2, 0.25) is 0 Å². The average Bonchev–Trinajstić information content (AvgIpc) is 3.61. The van der Waals surface area contributed by atoms with E-state index in [2.05, 4.69) is 25.3 Å². The van der Waals surface area contributed by atoms with Crippen LogP contribution in [0.4, 0.5) is 15.9 Å². The highest BCUT2D eigenvalue weighted by Gasteiger charge is 2.35. The Balaban J connectivity index is 1.02. The molecule has 0 radical (unpaired) electrons. The van der Waals surface area contributed by atoms with E-state index in [9.17, 15) is 9.18 Å². The van der Waals surface area contributed by atoms with Gasteiger partial charge in [0.1, 0.15) is 18.0 Å². The Kier molecular flexibility index (Phi) is 7.63. The molecule has 2 fully saturated rings. The molecule has 218 valence electrons. The fourth-order valence-corrected chi connectivity index (χ4v) is 5.83. The van der Waals surface area contributed by atoms with E-state index >= 15 is 0 Å². The van der Waals surface area contributed by atoms with Crippen molar-refractivity contribution in [2.45, 2.75) is 25.2 Å². The molecule has 3 aromatic carbocycles. The molecule has 2 aromatic heterocycles. The quantitative estimate of drug-likeness (QED) is 0.252. The zero-order valence-corrected chi connectivity index (χ0v) is 23.5. The number of allylic oxidation sites excluding steroid dienone is 1. The normalized spacial score (nSPS) is 18.9. The first-order valence-electron chi connectivity index (χ1n) is 14.4. The number of fused-ring (bicyclic) bond motifs is 3. The van der Waals surface area contributed by atoms with E-state index in [1.165, 1.54) is 18.5 Å². The Bertz CT molecular complexity index is 1810. The summed E-state index contributed by atoms with van der Waals surface area (Å²) in [4.78, 5) is 23.9. The van der Waals surface area contributed by atoms with Gasteiger partial charge in [0, 0.05) is 42.5 Å². The monoisotopic (exact) mass is 578 g/mol. The molecule has 10 heteroatoms. The Labute approximate surface area is 247 Å². The van der Waals surface area contributed by atoms with Crippen molar-refractivity contribution in [1.82, 2.24) is 24.6 Å². The first kappa shape index (κ1) is 27.3. The summed E-state index contributed by atoms with van der Waals surface area (Å²) in [5.74, 6) is 0.430. The number of carbonyl (C=O) groups is 1. The maximum absolute atomic E-state index is 13.6. The van der Waals surface area contributed by atoms with E-state index in [1.807, 2.05) is 53.2 Å². The minimum atomic E-state index is -0.261. The fourth-order valence-electron chi connectivity index (χ4n) is 5.83. The molecule has 1 N–H and O–H groups in total. The molecule has 0 saturated carbocycles. The first-order valence-corrected chi connectivity index (χ1v) is 14.4. The highest BCUT2D eigenvalue weighted by Crippen LogP contribution is 2.27. The van der Waals surface area contributed by atoms with Gasteiger partial charge in [0.05, 0.1) is 49.2 Å². The van der Waals surface area contributed by atoms with Gasteiger partial charge < -0.3 is 14.8 Å². The summed E-state index contributed by atoms with van der Waals surface area (Å²) in [6, 6.07) is 18.3. The Morgan fingerprint density at radius 3 is 2.70 bits per heavy atom. The van der Waals surface area contributed by atoms with Crippen molar-refractivity contribution in [3.05, 3.63) is 102 Å². The van der Waals surface area contributed by atoms with Crippen LogP contribution in [0.1, 0.15) is 11.1 Å². The predicted octanol–water partition coefficient (Wildman–Crippen LogP) is 4.68. The lowest BCUT2D eigenvalue weighted by Gasteiger charge is -2.24. The van der Waals surface area contributed by atoms with Gasteiger partial charge in [-0.25, -0.2) is 14.4 Å². The van der Waals surface area contributed by atoms with Gasteiger partial charge in [-0.1, -0.05) is 24.3 Å². The maximum atomic E-state index is 13.6. The number of likely N-dealkylation sites (tertiary alicyclic amines) is 1. The third-order valence-corrected chi connectivity index (χ3v) is 7.91. The number of nitrogens with zero attached hydrogens (tertiary/aromatic N) is 5. The van der Waals surface area contributed by atoms with Crippen LogP contribution in [0.5, 0.6) is 0 Å². The van der Waals surface area contributed by atoms with Crippen LogP contribution >= 0.6 is 0 Å². The Hall–Kier alpha value is -4.51. The number of ether oxygens (including phenoxy) is 2. The second kappa shape index (κ2) is 12.0. The third kappa shape index (κ3) is 6.17. The van der Waals surface area contributed by atoms with E-state index in [0.29, 0.717) is 32.1 Å². The van der Waals surface area contributed by atoms with Crippen molar-refractivity contribution in [3.8, 4) is 0 Å². The van der Waals surface area contributed by atoms with Crippen LogP contribution < -0.4 is 5.32 Å². The van der Waals surface area contributed by atoms with Gasteiger partial charge in [-0.2, -0.15) is 5.10 Å². The number of anilines is 2. The lowest BCUT2D eigenvalue weighted by Crippen LogP contribution is -2.36. The van der Waals surface area contributed by atoms with Crippen LogP contribution in [0.15, 0.2) is 85.3 Å². The molecule has 7 rings (SSSR count). The van der Waals surface area contributed by atoms with Gasteiger partial charge in [-0.15, -0.1) is 0 Å². The number of hydrogen-bond acceptors (Lipinski definition) is 8. The largest absolute Gasteiger partial charge is 0.372 e. The lowest BCUT2D eigenvalue weighted by atomic mass is 10.1. The molecule has 0 spiro atoms. The summed E-state index contributed by atoms with van der Waals surface area (Å²) >= 11 is 0. The fraction of sp³-hybridized carbons (Fsp3) is 0.273. The first-order chi connectivity index (χ1) is 21.1. The van der Waals surface area contributed by atoms with Gasteiger partial charge >= 0.3 is 0 Å². The molecule has 2 atom stereocenters. The number of halogens is 1. The number of aromatic nitrogens is 4. The van der Waals surface area contributed by atoms with Crippen molar-refractivity contribution < 1.29 is 18.7 Å². The van der Waals surface area contributed by atoms with E-state index < -0.39 is 0 Å². The molecule has 2 aliphatic heterocycles. The zero-order chi connectivity index (χ0) is 29.2. The second-order valence-corrected chi connectivity index (χ2v) is 11.0. The van der Waals surface area contributed by atoms with E-state index in [-0.39, 0.29) is 30.2 Å². The standard InChI is InChI=1S/C33H31FN6O3/c34-25-4-1-3-23(13-25)18-40-30-9-7-26(16-24(30)17-37-40)38-33-28-15-22(6-8-29(28)35-21-36-33)14-27(41)5-2-10-39-19-31-32(20-39)43-12-11-42-31/h1-9,13,15-17,21,31-32H,10-12,14,18-20H2,(H,35,36,38)/b5-2+. The van der Waals surface area contributed by atoms with Crippen molar-refractivity contribution in [1.29, 1.82) is 0 Å². The average molecular weight is 579 g/mol. The molecule has 2 aliphatic rings. The number of hydrogen-bond donors (Lipinski definition) is 1. The molecule has 9 nitrogen and oxygen atoms in total. The van der Waals surface area contributed by atoms with Crippen LogP contribution in [0.25, 0.3) is 21.8 Å². The minimum absolute atomic E-state index is 0.0375. The third-order valence-electron chi connectivity index (χ3n) is 7.91. The van der Waals surface area contributed by atoms with Crippen molar-refractivity contribution in [2.75, 3.05) is 38.2 Å². The van der Waals surface area contributed by atoms with E-state index in [1.54, 1.807) is 18.3 Å².